The van der Waals surface area contributed by atoms with Crippen LogP contribution >= 0.6 is 0 Å². The molecular weight excluding hydrogens is 430 g/mol. The van der Waals surface area contributed by atoms with Crippen molar-refractivity contribution in [3.05, 3.63) is 133 Å². The van der Waals surface area contributed by atoms with E-state index in [0.29, 0.717) is 6.42 Å². The number of hydrogen-bond donors (Lipinski definition) is 1. The van der Waals surface area contributed by atoms with Crippen molar-refractivity contribution in [1.29, 1.82) is 0 Å². The van der Waals surface area contributed by atoms with Gasteiger partial charge >= 0.3 is 0 Å². The van der Waals surface area contributed by atoms with Crippen molar-refractivity contribution in [3.8, 4) is 44.9 Å². The largest absolute Gasteiger partial charge is 0.455 e. The minimum atomic E-state index is 0.701. The molecule has 0 aliphatic carbocycles. The predicted molar refractivity (Wildman–Crippen MR) is 140 cm³/mol. The van der Waals surface area contributed by atoms with Gasteiger partial charge in [-0.15, -0.1) is 0 Å². The molecule has 6 aromatic rings. The molecule has 0 radical (unpaired) electrons. The third-order valence-corrected chi connectivity index (χ3v) is 6.12. The minimum Gasteiger partial charge on any atom is -0.455 e. The summed E-state index contributed by atoms with van der Waals surface area (Å²) < 4.78 is 6.60. The SMILES string of the molecule is c1ccc(-c2cc(-c3ccccc3-c3cccc(Cc4ncn[nH]4)c3)oc2-c2ccccc2)cc1. The molecule has 1 N–H and O–H groups in total. The fourth-order valence-electron chi connectivity index (χ4n) is 4.47. The molecule has 2 aromatic heterocycles. The van der Waals surface area contributed by atoms with E-state index in [1.165, 1.54) is 5.56 Å². The number of H-pyrrole nitrogens is 1. The Hall–Kier alpha value is -4.70. The Morgan fingerprint density at radius 1 is 0.600 bits per heavy atom. The van der Waals surface area contributed by atoms with E-state index in [9.17, 15) is 0 Å². The fraction of sp³-hybridized carbons (Fsp3) is 0.0323. The summed E-state index contributed by atoms with van der Waals surface area (Å²) in [4.78, 5) is 4.27. The number of nitrogens with one attached hydrogen (secondary N) is 1. The third-order valence-electron chi connectivity index (χ3n) is 6.12. The van der Waals surface area contributed by atoms with Gasteiger partial charge in [0.2, 0.25) is 0 Å². The highest BCUT2D eigenvalue weighted by Crippen LogP contribution is 2.41. The topological polar surface area (TPSA) is 54.7 Å². The van der Waals surface area contributed by atoms with Crippen molar-refractivity contribution < 1.29 is 4.42 Å². The predicted octanol–water partition coefficient (Wildman–Crippen LogP) is 7.66. The van der Waals surface area contributed by atoms with Gasteiger partial charge in [-0.3, -0.25) is 5.10 Å². The summed E-state index contributed by atoms with van der Waals surface area (Å²) in [6.07, 6.45) is 2.24. The zero-order valence-corrected chi connectivity index (χ0v) is 19.1. The zero-order valence-electron chi connectivity index (χ0n) is 19.1. The molecule has 4 aromatic carbocycles. The number of aromatic nitrogens is 3. The second-order valence-corrected chi connectivity index (χ2v) is 8.44. The first-order valence-electron chi connectivity index (χ1n) is 11.6. The maximum Gasteiger partial charge on any atom is 0.142 e. The summed E-state index contributed by atoms with van der Waals surface area (Å²) in [6, 6.07) is 39.8. The van der Waals surface area contributed by atoms with Crippen molar-refractivity contribution in [1.82, 2.24) is 15.2 Å². The molecule has 0 unspecified atom stereocenters. The molecule has 0 atom stereocenters. The van der Waals surface area contributed by atoms with E-state index in [1.807, 2.05) is 24.3 Å². The van der Waals surface area contributed by atoms with E-state index < -0.39 is 0 Å². The van der Waals surface area contributed by atoms with Gasteiger partial charge in [-0.2, -0.15) is 5.10 Å². The van der Waals surface area contributed by atoms with Crippen LogP contribution in [0.4, 0.5) is 0 Å². The van der Waals surface area contributed by atoms with Crippen molar-refractivity contribution in [2.75, 3.05) is 0 Å². The van der Waals surface area contributed by atoms with Crippen LogP contribution in [0.3, 0.4) is 0 Å². The number of furan rings is 1. The summed E-state index contributed by atoms with van der Waals surface area (Å²) in [5.41, 5.74) is 7.77. The monoisotopic (exact) mass is 453 g/mol. The van der Waals surface area contributed by atoms with Crippen LogP contribution in [-0.4, -0.2) is 15.2 Å². The van der Waals surface area contributed by atoms with Gasteiger partial charge in [0, 0.05) is 23.1 Å². The van der Waals surface area contributed by atoms with Gasteiger partial charge in [0.25, 0.3) is 0 Å². The highest BCUT2D eigenvalue weighted by molar-refractivity contribution is 5.88. The lowest BCUT2D eigenvalue weighted by Gasteiger charge is -2.09. The lowest BCUT2D eigenvalue weighted by molar-refractivity contribution is 0.598. The Morgan fingerprint density at radius 3 is 2.03 bits per heavy atom. The number of nitrogens with zero attached hydrogens (tertiary/aromatic N) is 2. The van der Waals surface area contributed by atoms with Gasteiger partial charge in [0.05, 0.1) is 0 Å². The van der Waals surface area contributed by atoms with Crippen LogP contribution in [0.25, 0.3) is 44.9 Å². The molecule has 4 nitrogen and oxygen atoms in total. The molecule has 0 bridgehead atoms. The van der Waals surface area contributed by atoms with E-state index in [-0.39, 0.29) is 0 Å². The lowest BCUT2D eigenvalue weighted by Crippen LogP contribution is -1.92. The maximum atomic E-state index is 6.60. The Bertz CT molecular complexity index is 1500. The van der Waals surface area contributed by atoms with Crippen LogP contribution in [0.2, 0.25) is 0 Å². The summed E-state index contributed by atoms with van der Waals surface area (Å²) in [7, 11) is 0. The molecule has 0 saturated carbocycles. The first-order valence-corrected chi connectivity index (χ1v) is 11.6. The van der Waals surface area contributed by atoms with Crippen LogP contribution in [0, 0.1) is 0 Å². The number of aromatic amines is 1. The molecule has 168 valence electrons. The molecule has 2 heterocycles. The van der Waals surface area contributed by atoms with Crippen LogP contribution in [0.1, 0.15) is 11.4 Å². The number of benzene rings is 4. The van der Waals surface area contributed by atoms with Crippen LogP contribution in [-0.2, 0) is 6.42 Å². The highest BCUT2D eigenvalue weighted by atomic mass is 16.3. The fourth-order valence-corrected chi connectivity index (χ4v) is 4.47. The summed E-state index contributed by atoms with van der Waals surface area (Å²) in [5.74, 6) is 2.57. The minimum absolute atomic E-state index is 0.701. The average Bonchev–Trinajstić information content (AvgIpc) is 3.60. The normalized spacial score (nSPS) is 11.0. The van der Waals surface area contributed by atoms with Gasteiger partial charge in [0.15, 0.2) is 0 Å². The van der Waals surface area contributed by atoms with Crippen LogP contribution < -0.4 is 0 Å². The van der Waals surface area contributed by atoms with E-state index >= 15 is 0 Å². The van der Waals surface area contributed by atoms with Crippen LogP contribution in [0.15, 0.2) is 126 Å². The molecule has 35 heavy (non-hydrogen) atoms. The second kappa shape index (κ2) is 9.27. The molecule has 0 aliphatic heterocycles. The molecule has 0 amide bonds. The maximum absolute atomic E-state index is 6.60. The molecule has 0 aliphatic rings. The van der Waals surface area contributed by atoms with Gasteiger partial charge < -0.3 is 4.42 Å². The summed E-state index contributed by atoms with van der Waals surface area (Å²) in [6.45, 7) is 0. The molecule has 0 saturated heterocycles. The van der Waals surface area contributed by atoms with Crippen molar-refractivity contribution in [2.24, 2.45) is 0 Å². The standard InChI is InChI=1S/C31H23N3O/c1-3-11-23(12-4-1)28-20-29(35-31(28)24-13-5-2-6-14-24)27-17-8-7-16-26(27)25-15-9-10-22(18-25)19-30-32-21-33-34-30/h1-18,20-21H,19H2,(H,32,33,34). The molecule has 6 rings (SSSR count). The van der Waals surface area contributed by atoms with E-state index in [4.69, 9.17) is 4.42 Å². The Kier molecular flexibility index (Phi) is 5.53. The van der Waals surface area contributed by atoms with E-state index in [0.717, 1.165) is 50.7 Å². The van der Waals surface area contributed by atoms with Crippen molar-refractivity contribution in [3.63, 3.8) is 0 Å². The van der Waals surface area contributed by atoms with Crippen LogP contribution in [0.5, 0.6) is 0 Å². The Labute approximate surface area is 203 Å². The van der Waals surface area contributed by atoms with E-state index in [1.54, 1.807) is 6.33 Å². The summed E-state index contributed by atoms with van der Waals surface area (Å²) >= 11 is 0. The molecule has 0 spiro atoms. The number of hydrogen-bond acceptors (Lipinski definition) is 3. The molecule has 4 heteroatoms. The first-order chi connectivity index (χ1) is 17.3. The zero-order chi connectivity index (χ0) is 23.5. The summed E-state index contributed by atoms with van der Waals surface area (Å²) in [5, 5.41) is 6.91. The van der Waals surface area contributed by atoms with Gasteiger partial charge in [0.1, 0.15) is 23.7 Å². The molecular formula is C31H23N3O. The Balaban J connectivity index is 1.46. The van der Waals surface area contributed by atoms with Crippen molar-refractivity contribution >= 4 is 0 Å². The van der Waals surface area contributed by atoms with Gasteiger partial charge in [-0.1, -0.05) is 109 Å². The smallest absolute Gasteiger partial charge is 0.142 e. The first kappa shape index (κ1) is 20.9. The average molecular weight is 454 g/mol. The molecule has 0 fully saturated rings. The van der Waals surface area contributed by atoms with Crippen molar-refractivity contribution in [2.45, 2.75) is 6.42 Å². The van der Waals surface area contributed by atoms with Gasteiger partial charge in [-0.25, -0.2) is 4.98 Å². The Morgan fingerprint density at radius 2 is 1.29 bits per heavy atom. The quantitative estimate of drug-likeness (QED) is 0.282. The lowest BCUT2D eigenvalue weighted by atomic mass is 9.95. The highest BCUT2D eigenvalue weighted by Gasteiger charge is 2.18. The van der Waals surface area contributed by atoms with Gasteiger partial charge in [-0.05, 0) is 28.3 Å². The van der Waals surface area contributed by atoms with E-state index in [2.05, 4.69) is 106 Å². The number of rotatable bonds is 6. The second-order valence-electron chi connectivity index (χ2n) is 8.44. The third kappa shape index (κ3) is 4.30.